The molecule has 0 unspecified atom stereocenters. The molecule has 0 radical (unpaired) electrons. The maximum Gasteiger partial charge on any atom is 0.399 e. The maximum atomic E-state index is 14.5. The largest absolute Gasteiger partial charge is 0.399 e. The van der Waals surface area contributed by atoms with E-state index in [1.54, 1.807) is 7.05 Å². The summed E-state index contributed by atoms with van der Waals surface area (Å²) in [6.07, 6.45) is -1.97. The van der Waals surface area contributed by atoms with Gasteiger partial charge in [0.1, 0.15) is 24.7 Å². The fourth-order valence-electron chi connectivity index (χ4n) is 4.54. The molecule has 2 atom stereocenters. The van der Waals surface area contributed by atoms with Crippen LogP contribution in [0.2, 0.25) is 15.1 Å². The second kappa shape index (κ2) is 9.57. The number of hydrazone groups is 1. The van der Waals surface area contributed by atoms with Crippen molar-refractivity contribution in [1.82, 2.24) is 5.43 Å². The van der Waals surface area contributed by atoms with Crippen molar-refractivity contribution in [3.05, 3.63) is 63.1 Å². The number of hydrogen-bond donors (Lipinski definition) is 1. The van der Waals surface area contributed by atoms with Crippen LogP contribution in [0.3, 0.4) is 0 Å². The third-order valence-electron chi connectivity index (χ3n) is 6.22. The number of anilines is 1. The summed E-state index contributed by atoms with van der Waals surface area (Å²) in [5.41, 5.74) is 2.68. The first-order chi connectivity index (χ1) is 16.0. The van der Waals surface area contributed by atoms with E-state index in [0.717, 1.165) is 24.3 Å². The van der Waals surface area contributed by atoms with Crippen LogP contribution in [0.25, 0.3) is 0 Å². The average molecular weight is 535 g/mol. The summed E-state index contributed by atoms with van der Waals surface area (Å²) >= 11 is 18.3. The smallest absolute Gasteiger partial charge is 0.263 e. The molecule has 182 valence electrons. The Morgan fingerprint density at radius 3 is 2.24 bits per heavy atom. The highest BCUT2D eigenvalue weighted by atomic mass is 35.5. The van der Waals surface area contributed by atoms with Crippen molar-refractivity contribution in [3.8, 4) is 0 Å². The second-order valence-corrected chi connectivity index (χ2v) is 10.1. The summed E-state index contributed by atoms with van der Waals surface area (Å²) in [7, 11) is 1.81. The van der Waals surface area contributed by atoms with Crippen LogP contribution in [0.15, 0.2) is 47.6 Å². The molecule has 2 aliphatic rings. The minimum absolute atomic E-state index is 0.118. The van der Waals surface area contributed by atoms with Gasteiger partial charge in [0.2, 0.25) is 0 Å². The molecule has 1 fully saturated rings. The van der Waals surface area contributed by atoms with Gasteiger partial charge in [0.05, 0.1) is 23.8 Å². The highest BCUT2D eigenvalue weighted by Crippen LogP contribution is 2.48. The summed E-state index contributed by atoms with van der Waals surface area (Å²) in [5, 5.41) is 6.20. The van der Waals surface area contributed by atoms with E-state index in [9.17, 15) is 18.0 Å². The van der Waals surface area contributed by atoms with Crippen LogP contribution in [0.4, 0.5) is 18.9 Å². The Morgan fingerprint density at radius 2 is 1.65 bits per heavy atom. The first kappa shape index (κ1) is 25.1. The molecule has 1 amide bonds. The Labute approximate surface area is 210 Å². The molecule has 5 nitrogen and oxygen atoms in total. The fraction of sp³-hybridized carbons (Fsp3) is 0.391. The molecule has 2 aromatic rings. The van der Waals surface area contributed by atoms with E-state index in [-0.39, 0.29) is 15.3 Å². The lowest BCUT2D eigenvalue weighted by Crippen LogP contribution is -2.61. The van der Waals surface area contributed by atoms with Crippen molar-refractivity contribution in [2.75, 3.05) is 25.1 Å². The van der Waals surface area contributed by atoms with Gasteiger partial charge >= 0.3 is 12.1 Å². The van der Waals surface area contributed by atoms with Gasteiger partial charge in [-0.25, -0.2) is 4.59 Å². The van der Waals surface area contributed by atoms with Crippen molar-refractivity contribution >= 4 is 52.1 Å². The zero-order chi connectivity index (χ0) is 24.7. The van der Waals surface area contributed by atoms with Crippen LogP contribution in [-0.2, 0) is 4.79 Å². The number of piperidine rings is 1. The number of alkyl halides is 3. The molecular weight excluding hydrogens is 512 g/mol. The molecule has 0 bridgehead atoms. The molecule has 2 aliphatic heterocycles. The maximum absolute atomic E-state index is 14.5. The molecule has 0 aliphatic carbocycles. The summed E-state index contributed by atoms with van der Waals surface area (Å²) in [5.74, 6) is -3.03. The van der Waals surface area contributed by atoms with Gasteiger partial charge in [-0.1, -0.05) is 46.9 Å². The van der Waals surface area contributed by atoms with Gasteiger partial charge in [-0.05, 0) is 55.2 Å². The number of hydrogen-bond acceptors (Lipinski definition) is 3. The lowest BCUT2D eigenvalue weighted by atomic mass is 9.88. The third-order valence-corrected chi connectivity index (χ3v) is 7.01. The van der Waals surface area contributed by atoms with Gasteiger partial charge in [0.15, 0.2) is 0 Å². The lowest BCUT2D eigenvalue weighted by Gasteiger charge is -2.36. The normalized spacial score (nSPS) is 22.4. The Bertz CT molecular complexity index is 1100. The Morgan fingerprint density at radius 1 is 1.03 bits per heavy atom. The number of halogens is 6. The minimum Gasteiger partial charge on any atom is -0.263 e. The van der Waals surface area contributed by atoms with E-state index in [1.807, 2.05) is 0 Å². The molecule has 11 heteroatoms. The SMILES string of the molecule is C[N+]1(NC(=O)C2=NN(c3ccc(Cl)cc3Cl)[C@H](c3ccc(Cl)cc3)[C@@H]2C(F)(F)F)CCCCC1. The van der Waals surface area contributed by atoms with Crippen LogP contribution >= 0.6 is 34.8 Å². The van der Waals surface area contributed by atoms with E-state index >= 15 is 0 Å². The van der Waals surface area contributed by atoms with E-state index in [1.165, 1.54) is 42.5 Å². The highest BCUT2D eigenvalue weighted by Gasteiger charge is 2.57. The monoisotopic (exact) mass is 533 g/mol. The van der Waals surface area contributed by atoms with E-state index in [0.29, 0.717) is 28.7 Å². The van der Waals surface area contributed by atoms with Gasteiger partial charge in [-0.2, -0.15) is 23.7 Å². The standard InChI is InChI=1S/C23H22Cl3F3N4O/c1-33(11-3-2-4-12-33)31-22(34)20-19(23(27,28)29)21(14-5-7-15(24)8-6-14)32(30-20)18-10-9-16(25)13-17(18)26/h5-10,13,19,21H,2-4,11-12H2,1H3/p+1/t19-,21-/m1/s1. The van der Waals surface area contributed by atoms with E-state index in [2.05, 4.69) is 10.5 Å². The fourth-order valence-corrected chi connectivity index (χ4v) is 5.16. The number of carbonyl (C=O) groups is 1. The zero-order valence-corrected chi connectivity index (χ0v) is 20.5. The molecular formula is C23H23Cl3F3N4O+. The average Bonchev–Trinajstić information content (AvgIpc) is 3.15. The molecule has 0 spiro atoms. The highest BCUT2D eigenvalue weighted by molar-refractivity contribution is 6.41. The number of likely N-dealkylation sites (tertiary alicyclic amines) is 1. The molecule has 0 aromatic heterocycles. The van der Waals surface area contributed by atoms with Crippen molar-refractivity contribution in [1.29, 1.82) is 0 Å². The second-order valence-electron chi connectivity index (χ2n) is 8.79. The summed E-state index contributed by atoms with van der Waals surface area (Å²) in [6, 6.07) is 9.07. The van der Waals surface area contributed by atoms with Crippen molar-refractivity contribution < 1.29 is 22.6 Å². The number of quaternary nitrogens is 1. The van der Waals surface area contributed by atoms with Crippen molar-refractivity contribution in [2.45, 2.75) is 31.5 Å². The molecule has 4 rings (SSSR count). The molecule has 34 heavy (non-hydrogen) atoms. The van der Waals surface area contributed by atoms with Crippen LogP contribution in [-0.4, -0.2) is 42.5 Å². The van der Waals surface area contributed by atoms with Crippen LogP contribution < -0.4 is 10.4 Å². The van der Waals surface area contributed by atoms with Gasteiger partial charge in [-0.15, -0.1) is 0 Å². The molecule has 1 saturated heterocycles. The summed E-state index contributed by atoms with van der Waals surface area (Å²) in [6.45, 7) is 1.28. The molecule has 1 N–H and O–H groups in total. The molecule has 2 heterocycles. The zero-order valence-electron chi connectivity index (χ0n) is 18.2. The molecule has 0 saturated carbocycles. The predicted octanol–water partition coefficient (Wildman–Crippen LogP) is 6.40. The minimum atomic E-state index is -4.76. The number of nitrogens with one attached hydrogen (secondary N) is 1. The summed E-state index contributed by atoms with van der Waals surface area (Å²) in [4.78, 5) is 13.3. The Hall–Kier alpha value is -2.00. The number of nitrogens with zero attached hydrogens (tertiary/aromatic N) is 3. The van der Waals surface area contributed by atoms with Crippen LogP contribution in [0, 0.1) is 5.92 Å². The lowest BCUT2D eigenvalue weighted by molar-refractivity contribution is -0.947. The first-order valence-corrected chi connectivity index (χ1v) is 11.9. The Balaban J connectivity index is 1.81. The van der Waals surface area contributed by atoms with E-state index < -0.39 is 29.8 Å². The topological polar surface area (TPSA) is 44.7 Å². The number of carbonyl (C=O) groups excluding carboxylic acids is 1. The van der Waals surface area contributed by atoms with Gasteiger partial charge in [0, 0.05) is 10.0 Å². The third kappa shape index (κ3) is 5.15. The Kier molecular flexibility index (Phi) is 7.06. The number of benzene rings is 2. The van der Waals surface area contributed by atoms with Crippen molar-refractivity contribution in [3.63, 3.8) is 0 Å². The van der Waals surface area contributed by atoms with E-state index in [4.69, 9.17) is 34.8 Å². The number of amides is 1. The predicted molar refractivity (Wildman–Crippen MR) is 128 cm³/mol. The van der Waals surface area contributed by atoms with Gasteiger partial charge in [-0.3, -0.25) is 9.80 Å². The quantitative estimate of drug-likeness (QED) is 0.461. The van der Waals surface area contributed by atoms with Crippen LogP contribution in [0.5, 0.6) is 0 Å². The number of rotatable bonds is 4. The summed E-state index contributed by atoms with van der Waals surface area (Å²) < 4.78 is 43.8. The first-order valence-electron chi connectivity index (χ1n) is 10.8. The van der Waals surface area contributed by atoms with Gasteiger partial charge < -0.3 is 0 Å². The van der Waals surface area contributed by atoms with Gasteiger partial charge in [0.25, 0.3) is 0 Å². The molecule has 2 aromatic carbocycles. The van der Waals surface area contributed by atoms with Crippen molar-refractivity contribution in [2.24, 2.45) is 11.0 Å². The van der Waals surface area contributed by atoms with Crippen LogP contribution in [0.1, 0.15) is 30.9 Å².